The molecule has 0 unspecified atom stereocenters. The Balaban J connectivity index is 1.36. The number of aromatic nitrogens is 4. The van der Waals surface area contributed by atoms with Gasteiger partial charge in [-0.1, -0.05) is 24.3 Å². The number of pyridine rings is 1. The highest BCUT2D eigenvalue weighted by Crippen LogP contribution is 2.27. The van der Waals surface area contributed by atoms with Gasteiger partial charge in [-0.15, -0.1) is 0 Å². The second-order valence-electron chi connectivity index (χ2n) is 7.10. The van der Waals surface area contributed by atoms with Crippen molar-refractivity contribution in [3.63, 3.8) is 0 Å². The third-order valence-corrected chi connectivity index (χ3v) is 5.17. The lowest BCUT2D eigenvalue weighted by Gasteiger charge is -2.25. The Hall–Kier alpha value is -3.78. The zero-order valence-electron chi connectivity index (χ0n) is 16.0. The van der Waals surface area contributed by atoms with Crippen molar-refractivity contribution >= 4 is 11.6 Å². The van der Waals surface area contributed by atoms with Crippen molar-refractivity contribution < 1.29 is 9.53 Å². The van der Waals surface area contributed by atoms with Gasteiger partial charge < -0.3 is 10.1 Å². The maximum absolute atomic E-state index is 12.7. The van der Waals surface area contributed by atoms with E-state index in [1.165, 1.54) is 10.6 Å². The molecule has 0 radical (unpaired) electrons. The first-order valence-electron chi connectivity index (χ1n) is 9.68. The maximum atomic E-state index is 12.7. The lowest BCUT2D eigenvalue weighted by molar-refractivity contribution is -0.134. The lowest BCUT2D eigenvalue weighted by atomic mass is 9.97. The molecule has 8 nitrogen and oxygen atoms in total. The number of rotatable bonds is 4. The fourth-order valence-electron chi connectivity index (χ4n) is 3.69. The minimum Gasteiger partial charge on any atom is -0.363 e. The molecule has 1 atom stereocenters. The smallest absolute Gasteiger partial charge is 0.272 e. The van der Waals surface area contributed by atoms with Crippen molar-refractivity contribution in [2.75, 3.05) is 6.61 Å². The van der Waals surface area contributed by atoms with E-state index in [9.17, 15) is 9.59 Å². The molecule has 4 heterocycles. The second-order valence-corrected chi connectivity index (χ2v) is 7.10. The fourth-order valence-corrected chi connectivity index (χ4v) is 3.69. The number of hydrogen-bond acceptors (Lipinski definition) is 5. The predicted molar refractivity (Wildman–Crippen MR) is 110 cm³/mol. The van der Waals surface area contributed by atoms with Crippen molar-refractivity contribution in [1.29, 1.82) is 0 Å². The normalized spacial score (nSPS) is 15.7. The van der Waals surface area contributed by atoms with E-state index in [0.717, 1.165) is 28.8 Å². The number of fused-ring (bicyclic) bond motifs is 2. The van der Waals surface area contributed by atoms with Gasteiger partial charge in [0.15, 0.2) is 11.8 Å². The third kappa shape index (κ3) is 3.37. The van der Waals surface area contributed by atoms with Crippen LogP contribution in [0.1, 0.15) is 22.9 Å². The van der Waals surface area contributed by atoms with Crippen molar-refractivity contribution in [3.05, 3.63) is 88.1 Å². The van der Waals surface area contributed by atoms with Crippen molar-refractivity contribution in [3.8, 4) is 11.3 Å². The van der Waals surface area contributed by atoms with Gasteiger partial charge in [0.1, 0.15) is 0 Å². The first-order valence-corrected chi connectivity index (χ1v) is 9.68. The molecule has 1 aliphatic rings. The summed E-state index contributed by atoms with van der Waals surface area (Å²) in [7, 11) is 0. The van der Waals surface area contributed by atoms with Crippen molar-refractivity contribution in [1.82, 2.24) is 24.9 Å². The highest BCUT2D eigenvalue weighted by Gasteiger charge is 2.27. The molecule has 30 heavy (non-hydrogen) atoms. The van der Waals surface area contributed by atoms with Gasteiger partial charge in [0.25, 0.3) is 11.5 Å². The molecule has 150 valence electrons. The molecule has 1 amide bonds. The molecule has 0 aliphatic carbocycles. The number of nitrogens with one attached hydrogen (secondary N) is 2. The van der Waals surface area contributed by atoms with Crippen LogP contribution in [-0.2, 0) is 22.5 Å². The Morgan fingerprint density at radius 3 is 2.90 bits per heavy atom. The Morgan fingerprint density at radius 1 is 1.20 bits per heavy atom. The van der Waals surface area contributed by atoms with Crippen molar-refractivity contribution in [2.45, 2.75) is 19.1 Å². The summed E-state index contributed by atoms with van der Waals surface area (Å²) in [5, 5.41) is 5.89. The molecule has 0 fully saturated rings. The van der Waals surface area contributed by atoms with Gasteiger partial charge in [-0.05, 0) is 29.7 Å². The SMILES string of the molecule is O=C(NCc1cc(=O)n2[nH]c(-c3ccncc3)cc2n1)[C@H]1OCCc2ccccc21. The summed E-state index contributed by atoms with van der Waals surface area (Å²) in [4.78, 5) is 33.7. The second kappa shape index (κ2) is 7.57. The van der Waals surface area contributed by atoms with Gasteiger partial charge in [0.05, 0.1) is 24.5 Å². The summed E-state index contributed by atoms with van der Waals surface area (Å²) in [6.45, 7) is 0.643. The van der Waals surface area contributed by atoms with Gasteiger partial charge >= 0.3 is 0 Å². The number of hydrogen-bond donors (Lipinski definition) is 2. The van der Waals surface area contributed by atoms with Crippen LogP contribution < -0.4 is 10.9 Å². The largest absolute Gasteiger partial charge is 0.363 e. The van der Waals surface area contributed by atoms with Crippen molar-refractivity contribution in [2.24, 2.45) is 0 Å². The number of aromatic amines is 1. The first-order chi connectivity index (χ1) is 14.7. The Bertz CT molecular complexity index is 1280. The van der Waals surface area contributed by atoms with E-state index >= 15 is 0 Å². The van der Waals surface area contributed by atoms with E-state index in [2.05, 4.69) is 20.4 Å². The van der Waals surface area contributed by atoms with Crippen LogP contribution >= 0.6 is 0 Å². The topological polar surface area (TPSA) is 101 Å². The molecule has 1 aromatic carbocycles. The van der Waals surface area contributed by atoms with Gasteiger partial charge in [0.2, 0.25) is 0 Å². The van der Waals surface area contributed by atoms with E-state index in [-0.39, 0.29) is 18.0 Å². The van der Waals surface area contributed by atoms with E-state index in [1.54, 1.807) is 18.5 Å². The molecule has 2 N–H and O–H groups in total. The van der Waals surface area contributed by atoms with Crippen LogP contribution in [0.2, 0.25) is 0 Å². The zero-order valence-corrected chi connectivity index (χ0v) is 16.0. The summed E-state index contributed by atoms with van der Waals surface area (Å²) >= 11 is 0. The highest BCUT2D eigenvalue weighted by molar-refractivity contribution is 5.82. The molecule has 5 rings (SSSR count). The minimum absolute atomic E-state index is 0.141. The van der Waals surface area contributed by atoms with Crippen LogP contribution in [0.5, 0.6) is 0 Å². The number of H-pyrrole nitrogens is 1. The van der Waals surface area contributed by atoms with E-state index in [0.29, 0.717) is 17.9 Å². The standard InChI is InChI=1S/C22H19N5O3/c28-20-11-16(25-19-12-18(26-27(19)20)15-5-8-23-9-6-15)13-24-22(29)21-17-4-2-1-3-14(17)7-10-30-21/h1-6,8-9,11-12,21,26H,7,10,13H2,(H,24,29)/t21-/m0/s1. The van der Waals surface area contributed by atoms with Crippen LogP contribution in [0.15, 0.2) is 65.7 Å². The summed E-state index contributed by atoms with van der Waals surface area (Å²) in [5.74, 6) is -0.240. The number of ether oxygens (including phenoxy) is 1. The Morgan fingerprint density at radius 2 is 2.03 bits per heavy atom. The predicted octanol–water partition coefficient (Wildman–Crippen LogP) is 2.01. The summed E-state index contributed by atoms with van der Waals surface area (Å²) in [6.07, 6.45) is 3.51. The number of benzene rings is 1. The van der Waals surface area contributed by atoms with E-state index in [4.69, 9.17) is 4.74 Å². The number of amides is 1. The quantitative estimate of drug-likeness (QED) is 0.545. The molecular formula is C22H19N5O3. The molecule has 3 aromatic heterocycles. The van der Waals surface area contributed by atoms with Crippen LogP contribution in [-0.4, -0.2) is 32.1 Å². The van der Waals surface area contributed by atoms with Crippen LogP contribution in [0.4, 0.5) is 0 Å². The summed E-state index contributed by atoms with van der Waals surface area (Å²) in [6, 6.07) is 14.7. The van der Waals surface area contributed by atoms with Gasteiger partial charge in [-0.25, -0.2) is 9.50 Å². The monoisotopic (exact) mass is 401 g/mol. The molecule has 0 saturated heterocycles. The van der Waals surface area contributed by atoms with Gasteiger partial charge in [-0.3, -0.25) is 19.7 Å². The molecule has 0 saturated carbocycles. The molecule has 0 bridgehead atoms. The Kier molecular flexibility index (Phi) is 4.61. The van der Waals surface area contributed by atoms with Crippen LogP contribution in [0.3, 0.4) is 0 Å². The van der Waals surface area contributed by atoms with E-state index in [1.807, 2.05) is 36.4 Å². The zero-order chi connectivity index (χ0) is 20.5. The lowest BCUT2D eigenvalue weighted by Crippen LogP contribution is -2.34. The summed E-state index contributed by atoms with van der Waals surface area (Å²) < 4.78 is 7.07. The van der Waals surface area contributed by atoms with Crippen LogP contribution in [0.25, 0.3) is 16.9 Å². The molecule has 1 aliphatic heterocycles. The average molecular weight is 401 g/mol. The maximum Gasteiger partial charge on any atom is 0.272 e. The minimum atomic E-state index is -0.648. The van der Waals surface area contributed by atoms with Gasteiger partial charge in [0, 0.05) is 30.1 Å². The molecule has 4 aromatic rings. The summed E-state index contributed by atoms with van der Waals surface area (Å²) in [5.41, 5.74) is 4.39. The molecular weight excluding hydrogens is 382 g/mol. The first kappa shape index (κ1) is 18.3. The fraction of sp³-hybridized carbons (Fsp3) is 0.182. The van der Waals surface area contributed by atoms with Gasteiger partial charge in [-0.2, -0.15) is 0 Å². The Labute approximate surface area is 171 Å². The van der Waals surface area contributed by atoms with E-state index < -0.39 is 6.10 Å². The average Bonchev–Trinajstić information content (AvgIpc) is 3.23. The number of nitrogens with zero attached hydrogens (tertiary/aromatic N) is 3. The third-order valence-electron chi connectivity index (χ3n) is 5.17. The molecule has 8 heteroatoms. The highest BCUT2D eigenvalue weighted by atomic mass is 16.5. The van der Waals surface area contributed by atoms with Crippen LogP contribution in [0, 0.1) is 0 Å². The number of carbonyl (C=O) groups is 1. The number of carbonyl (C=O) groups excluding carboxylic acids is 1. The molecule has 0 spiro atoms.